The minimum atomic E-state index is -4.41. The third kappa shape index (κ3) is 3.48. The first kappa shape index (κ1) is 17.4. The second-order valence-electron chi connectivity index (χ2n) is 5.92. The SMILES string of the molecule is O=C(Nc1cccc2c1N=C(c1cccc(C(F)(F)F)c1)C2)c1nccs1. The van der Waals surface area contributed by atoms with Gasteiger partial charge in [0.1, 0.15) is 0 Å². The van der Waals surface area contributed by atoms with Crippen molar-refractivity contribution in [2.45, 2.75) is 12.6 Å². The van der Waals surface area contributed by atoms with Crippen LogP contribution in [0.3, 0.4) is 0 Å². The molecule has 0 unspecified atom stereocenters. The van der Waals surface area contributed by atoms with E-state index in [1.807, 2.05) is 6.07 Å². The van der Waals surface area contributed by atoms with Crippen LogP contribution in [0.4, 0.5) is 24.5 Å². The molecule has 1 aliphatic heterocycles. The smallest absolute Gasteiger partial charge is 0.318 e. The number of fused-ring (bicyclic) bond motifs is 1. The van der Waals surface area contributed by atoms with Crippen molar-refractivity contribution >= 4 is 34.3 Å². The monoisotopic (exact) mass is 387 g/mol. The number of anilines is 1. The average molecular weight is 387 g/mol. The number of alkyl halides is 3. The highest BCUT2D eigenvalue weighted by atomic mass is 32.1. The van der Waals surface area contributed by atoms with Gasteiger partial charge >= 0.3 is 6.18 Å². The molecule has 0 bridgehead atoms. The zero-order valence-electron chi connectivity index (χ0n) is 13.7. The second-order valence-corrected chi connectivity index (χ2v) is 6.81. The fraction of sp³-hybridized carbons (Fsp3) is 0.105. The van der Waals surface area contributed by atoms with E-state index in [-0.39, 0.29) is 5.91 Å². The quantitative estimate of drug-likeness (QED) is 0.681. The summed E-state index contributed by atoms with van der Waals surface area (Å²) in [4.78, 5) is 20.7. The maximum Gasteiger partial charge on any atom is 0.416 e. The lowest BCUT2D eigenvalue weighted by atomic mass is 10.0. The third-order valence-corrected chi connectivity index (χ3v) is 4.89. The van der Waals surface area contributed by atoms with Crippen molar-refractivity contribution in [1.82, 2.24) is 4.98 Å². The van der Waals surface area contributed by atoms with Gasteiger partial charge < -0.3 is 5.32 Å². The number of para-hydroxylation sites is 1. The van der Waals surface area contributed by atoms with E-state index in [4.69, 9.17) is 0 Å². The van der Waals surface area contributed by atoms with E-state index >= 15 is 0 Å². The van der Waals surface area contributed by atoms with Crippen molar-refractivity contribution in [1.29, 1.82) is 0 Å². The number of thiazole rings is 1. The molecular formula is C19H12F3N3OS. The van der Waals surface area contributed by atoms with E-state index in [1.54, 1.807) is 29.8 Å². The standard InChI is InChI=1S/C19H12F3N3OS/c20-19(21,22)13-5-1-3-11(9-13)15-10-12-4-2-6-14(16(12)24-15)25-17(26)18-23-7-8-27-18/h1-9H,10H2,(H,25,26). The first-order valence-corrected chi connectivity index (χ1v) is 8.88. The number of aliphatic imine (C=N–C) groups is 1. The normalized spacial score (nSPS) is 13.2. The molecule has 4 nitrogen and oxygen atoms in total. The lowest BCUT2D eigenvalue weighted by Crippen LogP contribution is -2.11. The predicted molar refractivity (Wildman–Crippen MR) is 97.9 cm³/mol. The van der Waals surface area contributed by atoms with Gasteiger partial charge in [-0.1, -0.05) is 24.3 Å². The first-order chi connectivity index (χ1) is 12.9. The van der Waals surface area contributed by atoms with Crippen molar-refractivity contribution in [2.75, 3.05) is 5.32 Å². The van der Waals surface area contributed by atoms with Crippen molar-refractivity contribution in [2.24, 2.45) is 4.99 Å². The van der Waals surface area contributed by atoms with Crippen molar-refractivity contribution < 1.29 is 18.0 Å². The molecule has 0 saturated carbocycles. The van der Waals surface area contributed by atoms with Crippen LogP contribution in [0.25, 0.3) is 0 Å². The molecule has 0 spiro atoms. The predicted octanol–water partition coefficient (Wildman–Crippen LogP) is 5.09. The maximum atomic E-state index is 13.0. The number of aromatic nitrogens is 1. The molecule has 0 radical (unpaired) electrons. The van der Waals surface area contributed by atoms with E-state index in [0.29, 0.717) is 34.1 Å². The van der Waals surface area contributed by atoms with Crippen LogP contribution in [0, 0.1) is 0 Å². The molecule has 2 heterocycles. The van der Waals surface area contributed by atoms with Crippen LogP contribution in [-0.4, -0.2) is 16.6 Å². The Morgan fingerprint density at radius 1 is 1.15 bits per heavy atom. The number of nitrogens with zero attached hydrogens (tertiary/aromatic N) is 2. The number of carbonyl (C=O) groups excluding carboxylic acids is 1. The van der Waals surface area contributed by atoms with Crippen molar-refractivity contribution in [3.8, 4) is 0 Å². The maximum absolute atomic E-state index is 13.0. The Kier molecular flexibility index (Phi) is 4.27. The Balaban J connectivity index is 1.65. The highest BCUT2D eigenvalue weighted by Crippen LogP contribution is 2.37. The van der Waals surface area contributed by atoms with Crippen LogP contribution in [0.5, 0.6) is 0 Å². The summed E-state index contributed by atoms with van der Waals surface area (Å²) in [5.74, 6) is -0.346. The van der Waals surface area contributed by atoms with Crippen LogP contribution in [-0.2, 0) is 12.6 Å². The molecule has 27 heavy (non-hydrogen) atoms. The Labute approximate surface area is 156 Å². The first-order valence-electron chi connectivity index (χ1n) is 8.00. The molecule has 0 fully saturated rings. The Hall–Kier alpha value is -3.00. The Bertz CT molecular complexity index is 1040. The molecule has 1 aliphatic rings. The lowest BCUT2D eigenvalue weighted by Gasteiger charge is -2.08. The lowest BCUT2D eigenvalue weighted by molar-refractivity contribution is -0.137. The van der Waals surface area contributed by atoms with E-state index in [1.165, 1.54) is 17.4 Å². The molecule has 1 N–H and O–H groups in total. The highest BCUT2D eigenvalue weighted by Gasteiger charge is 2.31. The van der Waals surface area contributed by atoms with Crippen LogP contribution in [0.1, 0.15) is 26.5 Å². The largest absolute Gasteiger partial charge is 0.416 e. The molecule has 3 aromatic rings. The van der Waals surface area contributed by atoms with Crippen LogP contribution in [0.15, 0.2) is 59.0 Å². The zero-order chi connectivity index (χ0) is 19.0. The molecule has 0 aliphatic carbocycles. The van der Waals surface area contributed by atoms with E-state index in [0.717, 1.165) is 17.7 Å². The van der Waals surface area contributed by atoms with Gasteiger partial charge in [0, 0.05) is 18.0 Å². The molecule has 0 saturated heterocycles. The molecule has 1 aromatic heterocycles. The second kappa shape index (κ2) is 6.62. The van der Waals surface area contributed by atoms with E-state index in [2.05, 4.69) is 15.3 Å². The van der Waals surface area contributed by atoms with Crippen molar-refractivity contribution in [3.63, 3.8) is 0 Å². The van der Waals surface area contributed by atoms with Gasteiger partial charge in [-0.15, -0.1) is 11.3 Å². The summed E-state index contributed by atoms with van der Waals surface area (Å²) in [5.41, 5.74) is 2.16. The molecule has 4 rings (SSSR count). The Morgan fingerprint density at radius 3 is 2.70 bits per heavy atom. The number of rotatable bonds is 3. The number of carbonyl (C=O) groups is 1. The molecule has 136 valence electrons. The van der Waals surface area contributed by atoms with Gasteiger partial charge in [-0.25, -0.2) is 9.98 Å². The minimum Gasteiger partial charge on any atom is -0.318 e. The van der Waals surface area contributed by atoms with Crippen LogP contribution < -0.4 is 5.32 Å². The average Bonchev–Trinajstić information content (AvgIpc) is 3.31. The number of amides is 1. The number of hydrogen-bond acceptors (Lipinski definition) is 4. The van der Waals surface area contributed by atoms with Crippen molar-refractivity contribution in [3.05, 3.63) is 75.7 Å². The van der Waals surface area contributed by atoms with Gasteiger partial charge in [0.25, 0.3) is 5.91 Å². The van der Waals surface area contributed by atoms with Gasteiger partial charge in [-0.05, 0) is 29.3 Å². The molecule has 8 heteroatoms. The summed E-state index contributed by atoms with van der Waals surface area (Å²) in [7, 11) is 0. The summed E-state index contributed by atoms with van der Waals surface area (Å²) >= 11 is 1.22. The molecule has 0 atom stereocenters. The Morgan fingerprint density at radius 2 is 1.96 bits per heavy atom. The zero-order valence-corrected chi connectivity index (χ0v) is 14.6. The van der Waals surface area contributed by atoms with Crippen LogP contribution in [0.2, 0.25) is 0 Å². The summed E-state index contributed by atoms with van der Waals surface area (Å²) in [6.07, 6.45) is -2.47. The van der Waals surface area contributed by atoms with Gasteiger partial charge in [0.2, 0.25) is 0 Å². The van der Waals surface area contributed by atoms with Gasteiger partial charge in [0.05, 0.1) is 22.6 Å². The fourth-order valence-corrected chi connectivity index (χ4v) is 3.41. The van der Waals surface area contributed by atoms with E-state index in [9.17, 15) is 18.0 Å². The summed E-state index contributed by atoms with van der Waals surface area (Å²) in [6.45, 7) is 0. The fourth-order valence-electron chi connectivity index (χ4n) is 2.87. The third-order valence-electron chi connectivity index (χ3n) is 4.12. The molecule has 1 amide bonds. The number of benzene rings is 2. The highest BCUT2D eigenvalue weighted by molar-refractivity contribution is 7.11. The number of nitrogens with one attached hydrogen (secondary N) is 1. The van der Waals surface area contributed by atoms with E-state index < -0.39 is 11.7 Å². The van der Waals surface area contributed by atoms with Gasteiger partial charge in [-0.3, -0.25) is 4.79 Å². The summed E-state index contributed by atoms with van der Waals surface area (Å²) in [6, 6.07) is 10.4. The van der Waals surface area contributed by atoms with Gasteiger partial charge in [0.15, 0.2) is 5.01 Å². The summed E-state index contributed by atoms with van der Waals surface area (Å²) < 4.78 is 38.9. The molecular weight excluding hydrogens is 375 g/mol. The summed E-state index contributed by atoms with van der Waals surface area (Å²) in [5, 5.41) is 4.80. The molecule has 2 aromatic carbocycles. The van der Waals surface area contributed by atoms with Crippen LogP contribution >= 0.6 is 11.3 Å². The minimum absolute atomic E-state index is 0.327. The topological polar surface area (TPSA) is 54.4 Å². The number of halogens is 3. The number of hydrogen-bond donors (Lipinski definition) is 1. The van der Waals surface area contributed by atoms with Gasteiger partial charge in [-0.2, -0.15) is 13.2 Å².